The third-order valence-electron chi connectivity index (χ3n) is 1.25. The maximum absolute atomic E-state index is 10.9. The van der Waals surface area contributed by atoms with Gasteiger partial charge in [0.25, 0.3) is 5.91 Å². The van der Waals surface area contributed by atoms with E-state index in [2.05, 4.69) is 31.9 Å². The predicted molar refractivity (Wildman–Crippen MR) is 55.4 cm³/mol. The van der Waals surface area contributed by atoms with Gasteiger partial charge in [0.15, 0.2) is 0 Å². The Morgan fingerprint density at radius 1 is 1.33 bits per heavy atom. The molecule has 2 nitrogen and oxygen atoms in total. The van der Waals surface area contributed by atoms with Crippen molar-refractivity contribution >= 4 is 49.4 Å². The van der Waals surface area contributed by atoms with Gasteiger partial charge in [0.05, 0.1) is 5.56 Å². The fourth-order valence-electron chi connectivity index (χ4n) is 0.778. The lowest BCUT2D eigenvalue weighted by molar-refractivity contribution is 0.0999. The Morgan fingerprint density at radius 3 is 2.08 bits per heavy atom. The molecule has 0 saturated carbocycles. The normalized spacial score (nSPS) is 9.92. The number of benzene rings is 1. The number of primary amides is 1. The van der Waals surface area contributed by atoms with E-state index in [9.17, 15) is 4.79 Å². The van der Waals surface area contributed by atoms with E-state index in [1.807, 2.05) is 0 Å². The number of carbonyl (C=O) groups is 1. The fraction of sp³-hybridized carbons (Fsp3) is 0. The summed E-state index contributed by atoms with van der Waals surface area (Å²) in [7, 11) is 0. The van der Waals surface area contributed by atoms with E-state index in [1.54, 1.807) is 12.1 Å². The molecule has 0 aromatic heterocycles. The molecule has 0 radical (unpaired) electrons. The van der Waals surface area contributed by atoms with E-state index in [-0.39, 0.29) is 0 Å². The minimum atomic E-state index is -0.495. The first-order valence-electron chi connectivity index (χ1n) is 2.96. The molecular formula is C7H4Br2ClNO. The van der Waals surface area contributed by atoms with Crippen LogP contribution in [0.3, 0.4) is 0 Å². The summed E-state index contributed by atoms with van der Waals surface area (Å²) in [6.45, 7) is 0. The van der Waals surface area contributed by atoms with E-state index < -0.39 is 5.91 Å². The van der Waals surface area contributed by atoms with Crippen LogP contribution in [0.2, 0.25) is 5.02 Å². The molecule has 1 aromatic rings. The number of amides is 1. The average Bonchev–Trinajstić information content (AvgIpc) is 1.82. The van der Waals surface area contributed by atoms with Crippen LogP contribution in [0.5, 0.6) is 0 Å². The summed E-state index contributed by atoms with van der Waals surface area (Å²) in [5.74, 6) is -0.495. The number of hydrogen-bond acceptors (Lipinski definition) is 1. The molecule has 2 N–H and O–H groups in total. The molecule has 1 rings (SSSR count). The van der Waals surface area contributed by atoms with Crippen LogP contribution in [0.1, 0.15) is 10.4 Å². The van der Waals surface area contributed by atoms with Crippen molar-refractivity contribution in [1.29, 1.82) is 0 Å². The van der Waals surface area contributed by atoms with Gasteiger partial charge >= 0.3 is 0 Å². The molecule has 64 valence electrons. The molecule has 0 unspecified atom stereocenters. The third kappa shape index (κ3) is 2.00. The molecule has 0 spiro atoms. The van der Waals surface area contributed by atoms with Crippen LogP contribution >= 0.6 is 43.5 Å². The molecule has 1 aromatic carbocycles. The highest BCUT2D eigenvalue weighted by Crippen LogP contribution is 2.28. The molecule has 0 aliphatic rings. The molecule has 0 heterocycles. The lowest BCUT2D eigenvalue weighted by Gasteiger charge is -2.03. The Balaban J connectivity index is 3.38. The largest absolute Gasteiger partial charge is 0.366 e. The van der Waals surface area contributed by atoms with Crippen LogP contribution in [0.25, 0.3) is 0 Å². The van der Waals surface area contributed by atoms with Crippen molar-refractivity contribution < 1.29 is 4.79 Å². The average molecular weight is 313 g/mol. The van der Waals surface area contributed by atoms with Gasteiger partial charge in [-0.05, 0) is 44.0 Å². The Bertz CT molecular complexity index is 317. The summed E-state index contributed by atoms with van der Waals surface area (Å²) in [6, 6.07) is 3.23. The van der Waals surface area contributed by atoms with Gasteiger partial charge in [-0.15, -0.1) is 0 Å². The van der Waals surface area contributed by atoms with E-state index in [4.69, 9.17) is 17.3 Å². The Morgan fingerprint density at radius 2 is 1.75 bits per heavy atom. The maximum Gasteiger partial charge on any atom is 0.250 e. The lowest BCUT2D eigenvalue weighted by atomic mass is 10.2. The van der Waals surface area contributed by atoms with Crippen molar-refractivity contribution in [3.05, 3.63) is 31.7 Å². The number of hydrogen-bond donors (Lipinski definition) is 1. The van der Waals surface area contributed by atoms with Crippen LogP contribution in [0, 0.1) is 0 Å². The monoisotopic (exact) mass is 311 g/mol. The number of halogens is 3. The van der Waals surface area contributed by atoms with E-state index >= 15 is 0 Å². The first kappa shape index (κ1) is 10.0. The molecule has 0 aliphatic heterocycles. The molecule has 0 bridgehead atoms. The standard InChI is InChI=1S/C7H4Br2ClNO/c8-4-1-3(10)2-5(9)6(4)7(11)12/h1-2H,(H2,11,12). The molecule has 0 saturated heterocycles. The maximum atomic E-state index is 10.9. The van der Waals surface area contributed by atoms with Gasteiger partial charge in [0, 0.05) is 14.0 Å². The Labute approximate surface area is 91.3 Å². The van der Waals surface area contributed by atoms with Gasteiger partial charge in [0.1, 0.15) is 0 Å². The summed E-state index contributed by atoms with van der Waals surface area (Å²) in [6.07, 6.45) is 0. The fourth-order valence-corrected chi connectivity index (χ4v) is 2.84. The zero-order valence-corrected chi connectivity index (χ0v) is 9.70. The van der Waals surface area contributed by atoms with Gasteiger partial charge in [0.2, 0.25) is 0 Å². The highest BCUT2D eigenvalue weighted by molar-refractivity contribution is 9.11. The van der Waals surface area contributed by atoms with E-state index in [1.165, 1.54) is 0 Å². The smallest absolute Gasteiger partial charge is 0.250 e. The zero-order valence-electron chi connectivity index (χ0n) is 5.77. The van der Waals surface area contributed by atoms with Gasteiger partial charge in [-0.2, -0.15) is 0 Å². The Hall–Kier alpha value is -0.0600. The predicted octanol–water partition coefficient (Wildman–Crippen LogP) is 2.96. The summed E-state index contributed by atoms with van der Waals surface area (Å²) in [4.78, 5) is 10.9. The first-order chi connectivity index (χ1) is 5.52. The van der Waals surface area contributed by atoms with Crippen molar-refractivity contribution in [2.75, 3.05) is 0 Å². The molecule has 12 heavy (non-hydrogen) atoms. The molecule has 5 heteroatoms. The first-order valence-corrected chi connectivity index (χ1v) is 4.93. The summed E-state index contributed by atoms with van der Waals surface area (Å²) in [5, 5.41) is 0.541. The molecule has 1 amide bonds. The van der Waals surface area contributed by atoms with Gasteiger partial charge < -0.3 is 5.73 Å². The van der Waals surface area contributed by atoms with Crippen molar-refractivity contribution in [3.63, 3.8) is 0 Å². The van der Waals surface area contributed by atoms with Gasteiger partial charge in [-0.1, -0.05) is 11.6 Å². The molecule has 0 aliphatic carbocycles. The van der Waals surface area contributed by atoms with E-state index in [0.29, 0.717) is 19.5 Å². The van der Waals surface area contributed by atoms with Crippen LogP contribution in [-0.2, 0) is 0 Å². The van der Waals surface area contributed by atoms with E-state index in [0.717, 1.165) is 0 Å². The van der Waals surface area contributed by atoms with Crippen molar-refractivity contribution in [1.82, 2.24) is 0 Å². The van der Waals surface area contributed by atoms with Gasteiger partial charge in [-0.25, -0.2) is 0 Å². The second-order valence-corrected chi connectivity index (χ2v) is 4.25. The second kappa shape index (κ2) is 3.77. The quantitative estimate of drug-likeness (QED) is 0.851. The number of rotatable bonds is 1. The third-order valence-corrected chi connectivity index (χ3v) is 2.72. The number of carbonyl (C=O) groups excluding carboxylic acids is 1. The minimum Gasteiger partial charge on any atom is -0.366 e. The van der Waals surface area contributed by atoms with Crippen LogP contribution in [0.15, 0.2) is 21.1 Å². The zero-order chi connectivity index (χ0) is 9.30. The highest BCUT2D eigenvalue weighted by atomic mass is 79.9. The van der Waals surface area contributed by atoms with Gasteiger partial charge in [-0.3, -0.25) is 4.79 Å². The SMILES string of the molecule is NC(=O)c1c(Br)cc(Cl)cc1Br. The highest BCUT2D eigenvalue weighted by Gasteiger charge is 2.11. The lowest BCUT2D eigenvalue weighted by Crippen LogP contribution is -2.12. The van der Waals surface area contributed by atoms with Crippen LogP contribution < -0.4 is 5.73 Å². The second-order valence-electron chi connectivity index (χ2n) is 2.11. The summed E-state index contributed by atoms with van der Waals surface area (Å²) >= 11 is 12.1. The Kier molecular flexibility index (Phi) is 3.15. The summed E-state index contributed by atoms with van der Waals surface area (Å²) < 4.78 is 1.18. The molecular weight excluding hydrogens is 309 g/mol. The minimum absolute atomic E-state index is 0.402. The van der Waals surface area contributed by atoms with Crippen molar-refractivity contribution in [3.8, 4) is 0 Å². The van der Waals surface area contributed by atoms with Crippen molar-refractivity contribution in [2.45, 2.75) is 0 Å². The molecule has 0 fully saturated rings. The van der Waals surface area contributed by atoms with Crippen molar-refractivity contribution in [2.24, 2.45) is 5.73 Å². The molecule has 0 atom stereocenters. The topological polar surface area (TPSA) is 43.1 Å². The summed E-state index contributed by atoms with van der Waals surface area (Å²) in [5.41, 5.74) is 5.53. The van der Waals surface area contributed by atoms with Crippen LogP contribution in [-0.4, -0.2) is 5.91 Å². The number of nitrogens with two attached hydrogens (primary N) is 1. The van der Waals surface area contributed by atoms with Crippen LogP contribution in [0.4, 0.5) is 0 Å².